The molecule has 1 aromatic carbocycles. The number of halogens is 2. The van der Waals surface area contributed by atoms with Gasteiger partial charge < -0.3 is 20.1 Å². The Morgan fingerprint density at radius 3 is 2.93 bits per heavy atom. The van der Waals surface area contributed by atoms with E-state index in [0.717, 1.165) is 38.0 Å². The van der Waals surface area contributed by atoms with Crippen LogP contribution in [0.25, 0.3) is 0 Å². The Kier molecular flexibility index (Phi) is 8.46. The summed E-state index contributed by atoms with van der Waals surface area (Å²) in [7, 11) is 0. The largest absolute Gasteiger partial charge is 0.367 e. The first-order chi connectivity index (χ1) is 13.0. The summed E-state index contributed by atoms with van der Waals surface area (Å²) in [5.41, 5.74) is 1.73. The lowest BCUT2D eigenvalue weighted by atomic mass is 10.0. The van der Waals surface area contributed by atoms with Gasteiger partial charge in [-0.25, -0.2) is 9.38 Å². The van der Waals surface area contributed by atoms with Crippen LogP contribution in [0.1, 0.15) is 37.0 Å². The molecule has 0 bridgehead atoms. The zero-order valence-electron chi connectivity index (χ0n) is 16.5. The van der Waals surface area contributed by atoms with Crippen molar-refractivity contribution >= 4 is 35.6 Å². The molecule has 0 amide bonds. The lowest BCUT2D eigenvalue weighted by molar-refractivity contribution is 0.387. The number of rotatable bonds is 5. The van der Waals surface area contributed by atoms with Gasteiger partial charge in [0.25, 0.3) is 0 Å². The summed E-state index contributed by atoms with van der Waals surface area (Å²) in [5, 5.41) is 10.6. The third-order valence-corrected chi connectivity index (χ3v) is 4.50. The van der Waals surface area contributed by atoms with Crippen molar-refractivity contribution < 1.29 is 8.91 Å². The molecule has 2 N–H and O–H groups in total. The van der Waals surface area contributed by atoms with Crippen LogP contribution in [-0.4, -0.2) is 41.8 Å². The number of anilines is 1. The molecule has 0 saturated carbocycles. The number of aliphatic imine (C=N–C) groups is 1. The molecule has 1 atom stereocenters. The molecule has 0 radical (unpaired) electrons. The number of nitrogens with one attached hydrogen (secondary N) is 2. The molecule has 1 aliphatic rings. The number of hydrogen-bond donors (Lipinski definition) is 2. The van der Waals surface area contributed by atoms with Crippen LogP contribution in [0.2, 0.25) is 0 Å². The quantitative estimate of drug-likeness (QED) is 0.372. The highest BCUT2D eigenvalue weighted by atomic mass is 127. The van der Waals surface area contributed by atoms with E-state index in [0.29, 0.717) is 29.9 Å². The van der Waals surface area contributed by atoms with Crippen molar-refractivity contribution in [1.82, 2.24) is 20.8 Å². The lowest BCUT2D eigenvalue weighted by Gasteiger charge is -2.35. The molecule has 28 heavy (non-hydrogen) atoms. The molecular weight excluding hydrogens is 474 g/mol. The molecule has 1 unspecified atom stereocenters. The summed E-state index contributed by atoms with van der Waals surface area (Å²) >= 11 is 0. The van der Waals surface area contributed by atoms with Crippen LogP contribution in [0, 0.1) is 19.7 Å². The van der Waals surface area contributed by atoms with Crippen LogP contribution < -0.4 is 15.5 Å². The highest BCUT2D eigenvalue weighted by Crippen LogP contribution is 2.24. The zero-order valence-corrected chi connectivity index (χ0v) is 18.9. The van der Waals surface area contributed by atoms with Crippen LogP contribution in [0.3, 0.4) is 0 Å². The van der Waals surface area contributed by atoms with Gasteiger partial charge in [0.2, 0.25) is 5.89 Å². The predicted molar refractivity (Wildman–Crippen MR) is 119 cm³/mol. The highest BCUT2D eigenvalue weighted by Gasteiger charge is 2.23. The van der Waals surface area contributed by atoms with E-state index < -0.39 is 0 Å². The van der Waals surface area contributed by atoms with Crippen molar-refractivity contribution in [3.63, 3.8) is 0 Å². The first kappa shape index (κ1) is 22.4. The molecule has 1 fully saturated rings. The molecule has 1 aliphatic heterocycles. The fraction of sp³-hybridized carbons (Fsp3) is 0.526. The number of piperidine rings is 1. The van der Waals surface area contributed by atoms with E-state index in [9.17, 15) is 4.39 Å². The molecule has 3 rings (SSSR count). The molecule has 2 heterocycles. The Morgan fingerprint density at radius 1 is 1.39 bits per heavy atom. The normalized spacial score (nSPS) is 17.2. The summed E-state index contributed by atoms with van der Waals surface area (Å²) < 4.78 is 19.2. The Labute approximate surface area is 182 Å². The Morgan fingerprint density at radius 2 is 2.21 bits per heavy atom. The van der Waals surface area contributed by atoms with Gasteiger partial charge in [-0.1, -0.05) is 11.2 Å². The predicted octanol–water partition coefficient (Wildman–Crippen LogP) is 3.17. The average molecular weight is 502 g/mol. The van der Waals surface area contributed by atoms with Gasteiger partial charge in [-0.15, -0.1) is 24.0 Å². The van der Waals surface area contributed by atoms with Crippen molar-refractivity contribution in [2.75, 3.05) is 24.5 Å². The van der Waals surface area contributed by atoms with Gasteiger partial charge >= 0.3 is 0 Å². The summed E-state index contributed by atoms with van der Waals surface area (Å²) in [5.74, 6) is 1.61. The maximum absolute atomic E-state index is 14.3. The minimum Gasteiger partial charge on any atom is -0.367 e. The van der Waals surface area contributed by atoms with Crippen molar-refractivity contribution in [1.29, 1.82) is 0 Å². The highest BCUT2D eigenvalue weighted by molar-refractivity contribution is 14.0. The number of nitrogens with zero attached hydrogens (tertiary/aromatic N) is 4. The number of aromatic nitrogens is 2. The molecule has 1 aromatic heterocycles. The van der Waals surface area contributed by atoms with Gasteiger partial charge in [-0.2, -0.15) is 4.98 Å². The molecule has 7 nitrogen and oxygen atoms in total. The maximum Gasteiger partial charge on any atom is 0.223 e. The lowest BCUT2D eigenvalue weighted by Crippen LogP contribution is -2.51. The monoisotopic (exact) mass is 502 g/mol. The van der Waals surface area contributed by atoms with E-state index in [2.05, 4.69) is 30.7 Å². The van der Waals surface area contributed by atoms with Crippen LogP contribution in [0.15, 0.2) is 27.7 Å². The minimum absolute atomic E-state index is 0. The topological polar surface area (TPSA) is 78.6 Å². The summed E-state index contributed by atoms with van der Waals surface area (Å²) in [6, 6.07) is 5.44. The summed E-state index contributed by atoms with van der Waals surface area (Å²) in [4.78, 5) is 10.8. The van der Waals surface area contributed by atoms with Gasteiger partial charge in [-0.05, 0) is 44.4 Å². The minimum atomic E-state index is -0.172. The SMILES string of the molecule is CCNC(=NCc1noc(C)n1)NC1CCCN(c2cc(C)ccc2F)C1.I. The fourth-order valence-electron chi connectivity index (χ4n) is 3.25. The molecular formula is C19H28FIN6O. The third kappa shape index (κ3) is 6.05. The second-order valence-electron chi connectivity index (χ2n) is 6.81. The van der Waals surface area contributed by atoms with E-state index in [4.69, 9.17) is 4.52 Å². The smallest absolute Gasteiger partial charge is 0.223 e. The van der Waals surface area contributed by atoms with Gasteiger partial charge in [0.1, 0.15) is 12.4 Å². The molecule has 2 aromatic rings. The molecule has 9 heteroatoms. The first-order valence-corrected chi connectivity index (χ1v) is 9.40. The summed E-state index contributed by atoms with van der Waals surface area (Å²) in [6.45, 7) is 8.43. The molecule has 0 spiro atoms. The van der Waals surface area contributed by atoms with Crippen LogP contribution in [-0.2, 0) is 6.54 Å². The van der Waals surface area contributed by atoms with Gasteiger partial charge in [0.05, 0.1) is 5.69 Å². The van der Waals surface area contributed by atoms with Crippen LogP contribution >= 0.6 is 24.0 Å². The Bertz CT molecular complexity index is 796. The number of hydrogen-bond acceptors (Lipinski definition) is 5. The Balaban J connectivity index is 0.00000280. The Hall–Kier alpha value is -1.91. The second-order valence-corrected chi connectivity index (χ2v) is 6.81. The van der Waals surface area contributed by atoms with Crippen molar-refractivity contribution in [2.24, 2.45) is 4.99 Å². The van der Waals surface area contributed by atoms with Crippen molar-refractivity contribution in [3.05, 3.63) is 41.3 Å². The third-order valence-electron chi connectivity index (χ3n) is 4.50. The van der Waals surface area contributed by atoms with Gasteiger partial charge in [-0.3, -0.25) is 0 Å². The zero-order chi connectivity index (χ0) is 19.2. The maximum atomic E-state index is 14.3. The van der Waals surface area contributed by atoms with E-state index in [-0.39, 0.29) is 35.8 Å². The van der Waals surface area contributed by atoms with E-state index >= 15 is 0 Å². The van der Waals surface area contributed by atoms with E-state index in [1.807, 2.05) is 19.9 Å². The van der Waals surface area contributed by atoms with Crippen LogP contribution in [0.5, 0.6) is 0 Å². The van der Waals surface area contributed by atoms with E-state index in [1.165, 1.54) is 0 Å². The van der Waals surface area contributed by atoms with Gasteiger partial charge in [0.15, 0.2) is 11.8 Å². The number of aryl methyl sites for hydroxylation is 2. The molecule has 154 valence electrons. The van der Waals surface area contributed by atoms with Crippen molar-refractivity contribution in [2.45, 2.75) is 46.2 Å². The second kappa shape index (κ2) is 10.6. The molecule has 1 saturated heterocycles. The van der Waals surface area contributed by atoms with Crippen LogP contribution in [0.4, 0.5) is 10.1 Å². The standard InChI is InChI=1S/C19H27FN6O.HI/c1-4-21-19(22-11-18-23-14(3)27-25-18)24-15-6-5-9-26(12-15)17-10-13(2)7-8-16(17)20;/h7-8,10,15H,4-6,9,11-12H2,1-3H3,(H2,21,22,24);1H. The van der Waals surface area contributed by atoms with E-state index in [1.54, 1.807) is 19.1 Å². The number of benzene rings is 1. The number of guanidine groups is 1. The van der Waals surface area contributed by atoms with Gasteiger partial charge in [0, 0.05) is 32.6 Å². The average Bonchev–Trinajstić information content (AvgIpc) is 3.07. The van der Waals surface area contributed by atoms with Crippen molar-refractivity contribution in [3.8, 4) is 0 Å². The summed E-state index contributed by atoms with van der Waals surface area (Å²) in [6.07, 6.45) is 2.00. The fourth-order valence-corrected chi connectivity index (χ4v) is 3.25. The first-order valence-electron chi connectivity index (χ1n) is 9.40. The molecule has 0 aliphatic carbocycles.